The van der Waals surface area contributed by atoms with Crippen LogP contribution in [0.4, 0.5) is 5.82 Å². The maximum atomic E-state index is 11.8. The van der Waals surface area contributed by atoms with Gasteiger partial charge in [0.2, 0.25) is 0 Å². The lowest BCUT2D eigenvalue weighted by Gasteiger charge is -2.07. The number of ether oxygens (including phenoxy) is 1. The molecule has 0 bridgehead atoms. The van der Waals surface area contributed by atoms with E-state index < -0.39 is 0 Å². The number of hydrogen-bond donors (Lipinski definition) is 2. The molecule has 2 N–H and O–H groups in total. The number of aromatic nitrogens is 1. The Kier molecular flexibility index (Phi) is 5.15. The van der Waals surface area contributed by atoms with Gasteiger partial charge in [0, 0.05) is 25.9 Å². The van der Waals surface area contributed by atoms with Crippen LogP contribution in [-0.2, 0) is 4.74 Å². The number of pyridine rings is 1. The molecule has 104 valence electrons. The molecule has 5 heteroatoms. The third-order valence-electron chi connectivity index (χ3n) is 2.97. The van der Waals surface area contributed by atoms with Gasteiger partial charge in [-0.2, -0.15) is 0 Å². The first-order valence-corrected chi connectivity index (χ1v) is 6.85. The second kappa shape index (κ2) is 7.09. The zero-order valence-corrected chi connectivity index (χ0v) is 11.3. The molecule has 1 fully saturated rings. The van der Waals surface area contributed by atoms with E-state index in [0.29, 0.717) is 18.7 Å². The summed E-state index contributed by atoms with van der Waals surface area (Å²) in [6, 6.07) is 3.58. The van der Waals surface area contributed by atoms with Gasteiger partial charge >= 0.3 is 0 Å². The smallest absolute Gasteiger partial charge is 0.252 e. The van der Waals surface area contributed by atoms with E-state index in [-0.39, 0.29) is 5.91 Å². The van der Waals surface area contributed by atoms with E-state index in [9.17, 15) is 4.79 Å². The zero-order valence-electron chi connectivity index (χ0n) is 11.3. The molecule has 5 nitrogen and oxygen atoms in total. The van der Waals surface area contributed by atoms with E-state index >= 15 is 0 Å². The molecule has 0 aliphatic heterocycles. The lowest BCUT2D eigenvalue weighted by Crippen LogP contribution is -2.27. The highest BCUT2D eigenvalue weighted by atomic mass is 16.5. The number of carbonyl (C=O) groups excluding carboxylic acids is 1. The highest BCUT2D eigenvalue weighted by molar-refractivity contribution is 5.94. The average molecular weight is 263 g/mol. The summed E-state index contributed by atoms with van der Waals surface area (Å²) < 4.78 is 5.45. The van der Waals surface area contributed by atoms with Gasteiger partial charge in [-0.25, -0.2) is 4.98 Å². The minimum atomic E-state index is -0.106. The topological polar surface area (TPSA) is 63.2 Å². The average Bonchev–Trinajstić information content (AvgIpc) is 3.23. The first-order valence-electron chi connectivity index (χ1n) is 6.85. The Labute approximate surface area is 113 Å². The van der Waals surface area contributed by atoms with Gasteiger partial charge in [0.05, 0.1) is 12.2 Å². The van der Waals surface area contributed by atoms with Crippen LogP contribution in [0.2, 0.25) is 0 Å². The summed E-state index contributed by atoms with van der Waals surface area (Å²) in [5.41, 5.74) is 0.573. The summed E-state index contributed by atoms with van der Waals surface area (Å²) in [7, 11) is 0. The number of hydrogen-bond acceptors (Lipinski definition) is 4. The fraction of sp³-hybridized carbons (Fsp3) is 0.571. The molecule has 1 aromatic rings. The molecule has 0 atom stereocenters. The molecule has 1 saturated carbocycles. The van der Waals surface area contributed by atoms with Crippen molar-refractivity contribution in [2.45, 2.75) is 19.8 Å². The van der Waals surface area contributed by atoms with Crippen LogP contribution >= 0.6 is 0 Å². The molecule has 0 unspecified atom stereocenters. The second-order valence-electron chi connectivity index (χ2n) is 4.74. The van der Waals surface area contributed by atoms with Gasteiger partial charge in [-0.1, -0.05) is 0 Å². The van der Waals surface area contributed by atoms with E-state index in [1.807, 2.05) is 13.0 Å². The van der Waals surface area contributed by atoms with Crippen LogP contribution in [0.1, 0.15) is 30.1 Å². The SMILES string of the molecule is CCNc1ccc(C(=O)NCCOCC2CC2)cn1. The van der Waals surface area contributed by atoms with Crippen molar-refractivity contribution in [3.8, 4) is 0 Å². The van der Waals surface area contributed by atoms with E-state index in [1.165, 1.54) is 12.8 Å². The van der Waals surface area contributed by atoms with Crippen molar-refractivity contribution in [3.63, 3.8) is 0 Å². The number of carbonyl (C=O) groups is 1. The first-order chi connectivity index (χ1) is 9.29. The molecular formula is C14H21N3O2. The van der Waals surface area contributed by atoms with Crippen molar-refractivity contribution >= 4 is 11.7 Å². The lowest BCUT2D eigenvalue weighted by molar-refractivity contribution is 0.0906. The molecule has 1 aromatic heterocycles. The summed E-state index contributed by atoms with van der Waals surface area (Å²) in [5.74, 6) is 1.44. The highest BCUT2D eigenvalue weighted by Gasteiger charge is 2.20. The summed E-state index contributed by atoms with van der Waals surface area (Å²) >= 11 is 0. The molecular weight excluding hydrogens is 242 g/mol. The molecule has 1 aliphatic rings. The number of rotatable bonds is 8. The largest absolute Gasteiger partial charge is 0.379 e. The van der Waals surface area contributed by atoms with Crippen LogP contribution < -0.4 is 10.6 Å². The van der Waals surface area contributed by atoms with Crippen molar-refractivity contribution in [2.24, 2.45) is 5.92 Å². The summed E-state index contributed by atoms with van der Waals surface area (Å²) in [6.07, 6.45) is 4.16. The predicted octanol–water partition coefficient (Wildman–Crippen LogP) is 1.67. The van der Waals surface area contributed by atoms with E-state index in [2.05, 4.69) is 15.6 Å². The molecule has 0 aromatic carbocycles. The molecule has 2 rings (SSSR count). The van der Waals surface area contributed by atoms with Gasteiger partial charge in [0.25, 0.3) is 5.91 Å². The molecule has 19 heavy (non-hydrogen) atoms. The van der Waals surface area contributed by atoms with Crippen LogP contribution in [-0.4, -0.2) is 37.2 Å². The Morgan fingerprint density at radius 2 is 2.32 bits per heavy atom. The number of anilines is 1. The van der Waals surface area contributed by atoms with E-state index in [1.54, 1.807) is 12.3 Å². The maximum Gasteiger partial charge on any atom is 0.252 e. The Bertz CT molecular complexity index is 402. The maximum absolute atomic E-state index is 11.8. The van der Waals surface area contributed by atoms with Gasteiger partial charge in [0.15, 0.2) is 0 Å². The van der Waals surface area contributed by atoms with Crippen molar-refractivity contribution in [1.29, 1.82) is 0 Å². The lowest BCUT2D eigenvalue weighted by atomic mass is 10.2. The standard InChI is InChI=1S/C14H21N3O2/c1-2-15-13-6-5-12(9-17-13)14(18)16-7-8-19-10-11-3-4-11/h5-6,9,11H,2-4,7-8,10H2,1H3,(H,15,17)(H,16,18). The van der Waals surface area contributed by atoms with E-state index in [4.69, 9.17) is 4.74 Å². The minimum Gasteiger partial charge on any atom is -0.379 e. The highest BCUT2D eigenvalue weighted by Crippen LogP contribution is 2.28. The Morgan fingerprint density at radius 3 is 2.95 bits per heavy atom. The minimum absolute atomic E-state index is 0.106. The summed E-state index contributed by atoms with van der Waals surface area (Å²) in [5, 5.41) is 5.91. The zero-order chi connectivity index (χ0) is 13.5. The molecule has 1 amide bonds. The van der Waals surface area contributed by atoms with Crippen LogP contribution in [0.3, 0.4) is 0 Å². The number of nitrogens with zero attached hydrogens (tertiary/aromatic N) is 1. The summed E-state index contributed by atoms with van der Waals surface area (Å²) in [4.78, 5) is 16.0. The van der Waals surface area contributed by atoms with Crippen molar-refractivity contribution in [3.05, 3.63) is 23.9 Å². The van der Waals surface area contributed by atoms with Crippen molar-refractivity contribution < 1.29 is 9.53 Å². The molecule has 0 radical (unpaired) electrons. The van der Waals surface area contributed by atoms with Gasteiger partial charge < -0.3 is 15.4 Å². The van der Waals surface area contributed by atoms with Gasteiger partial charge in [0.1, 0.15) is 5.82 Å². The Hall–Kier alpha value is -1.62. The summed E-state index contributed by atoms with van der Waals surface area (Å²) in [6.45, 7) is 4.77. The quantitative estimate of drug-likeness (QED) is 0.700. The van der Waals surface area contributed by atoms with Crippen LogP contribution in [0.5, 0.6) is 0 Å². The second-order valence-corrected chi connectivity index (χ2v) is 4.74. The van der Waals surface area contributed by atoms with Gasteiger partial charge in [-0.05, 0) is 37.8 Å². The van der Waals surface area contributed by atoms with Crippen LogP contribution in [0.15, 0.2) is 18.3 Å². The molecule has 1 heterocycles. The Morgan fingerprint density at radius 1 is 1.47 bits per heavy atom. The van der Waals surface area contributed by atoms with Gasteiger partial charge in [-0.15, -0.1) is 0 Å². The first kappa shape index (κ1) is 13.8. The molecule has 0 saturated heterocycles. The third-order valence-corrected chi connectivity index (χ3v) is 2.97. The number of amides is 1. The molecule has 0 spiro atoms. The van der Waals surface area contributed by atoms with Crippen LogP contribution in [0, 0.1) is 5.92 Å². The van der Waals surface area contributed by atoms with Gasteiger partial charge in [-0.3, -0.25) is 4.79 Å². The van der Waals surface area contributed by atoms with Crippen molar-refractivity contribution in [1.82, 2.24) is 10.3 Å². The fourth-order valence-corrected chi connectivity index (χ4v) is 1.69. The fourth-order valence-electron chi connectivity index (χ4n) is 1.69. The van der Waals surface area contributed by atoms with Crippen molar-refractivity contribution in [2.75, 3.05) is 31.6 Å². The predicted molar refractivity (Wildman–Crippen MR) is 74.3 cm³/mol. The van der Waals surface area contributed by atoms with E-state index in [0.717, 1.165) is 24.9 Å². The normalized spacial score (nSPS) is 14.2. The third kappa shape index (κ3) is 4.87. The monoisotopic (exact) mass is 263 g/mol. The molecule has 1 aliphatic carbocycles. The number of nitrogens with one attached hydrogen (secondary N) is 2. The van der Waals surface area contributed by atoms with Crippen LogP contribution in [0.25, 0.3) is 0 Å². The Balaban J connectivity index is 1.66.